The molecule has 1 aromatic heterocycles. The normalized spacial score (nSPS) is 12.5. The van der Waals surface area contributed by atoms with Crippen molar-refractivity contribution in [2.75, 3.05) is 21.3 Å². The van der Waals surface area contributed by atoms with Crippen molar-refractivity contribution in [2.45, 2.75) is 32.5 Å². The molecule has 2 aromatic carbocycles. The average molecular weight is 456 g/mol. The zero-order chi connectivity index (χ0) is 24.5. The monoisotopic (exact) mass is 455 g/mol. The van der Waals surface area contributed by atoms with Crippen LogP contribution in [-0.2, 0) is 16.6 Å². The number of pyridine rings is 1. The van der Waals surface area contributed by atoms with Crippen LogP contribution in [0.1, 0.15) is 32.6 Å². The second-order valence-corrected chi connectivity index (χ2v) is 8.53. The predicted molar refractivity (Wildman–Crippen MR) is 125 cm³/mol. The fraction of sp³-hybridized carbons (Fsp3) is 0.360. The Morgan fingerprint density at radius 2 is 1.52 bits per heavy atom. The molecule has 1 atom stereocenters. The molecule has 0 bridgehead atoms. The van der Waals surface area contributed by atoms with Gasteiger partial charge in [0.2, 0.25) is 5.75 Å². The van der Waals surface area contributed by atoms with Crippen molar-refractivity contribution < 1.29 is 28.8 Å². The Bertz CT molecular complexity index is 1230. The van der Waals surface area contributed by atoms with Crippen molar-refractivity contribution in [3.63, 3.8) is 0 Å². The molecule has 176 valence electrons. The molecule has 0 saturated carbocycles. The highest BCUT2D eigenvalue weighted by Gasteiger charge is 2.33. The summed E-state index contributed by atoms with van der Waals surface area (Å²) in [4.78, 5) is 25.6. The summed E-state index contributed by atoms with van der Waals surface area (Å²) in [6.07, 6.45) is -1.40. The molecule has 0 aliphatic carbocycles. The van der Waals surface area contributed by atoms with Gasteiger partial charge in [-0.3, -0.25) is 4.79 Å². The first kappa shape index (κ1) is 24.1. The summed E-state index contributed by atoms with van der Waals surface area (Å²) >= 11 is 0. The number of aliphatic carboxylic acids is 1. The quantitative estimate of drug-likeness (QED) is 0.571. The average Bonchev–Trinajstić information content (AvgIpc) is 2.78. The first-order valence-corrected chi connectivity index (χ1v) is 10.4. The lowest BCUT2D eigenvalue weighted by atomic mass is 9.93. The molecule has 0 amide bonds. The smallest absolute Gasteiger partial charge is 0.339 e. The molecule has 0 saturated heterocycles. The highest BCUT2D eigenvalue weighted by Crippen LogP contribution is 2.44. The van der Waals surface area contributed by atoms with E-state index in [1.807, 2.05) is 0 Å². The number of nitrogens with zero attached hydrogens (tertiary/aromatic N) is 1. The number of aromatic nitrogens is 1. The Hall–Kier alpha value is -3.52. The van der Waals surface area contributed by atoms with E-state index in [4.69, 9.17) is 18.9 Å². The lowest BCUT2D eigenvalue weighted by Gasteiger charge is -2.28. The van der Waals surface area contributed by atoms with Gasteiger partial charge in [-0.2, -0.15) is 0 Å². The molecular weight excluding hydrogens is 426 g/mol. The Morgan fingerprint density at radius 1 is 0.970 bits per heavy atom. The molecule has 8 heteroatoms. The summed E-state index contributed by atoms with van der Waals surface area (Å²) in [6, 6.07) is 10.5. The van der Waals surface area contributed by atoms with Crippen LogP contribution in [0, 0.1) is 0 Å². The standard InChI is InChI=1S/C25H29NO7/c1-25(2,3)33-22(24(28)29)20-19(15-10-8-9-11-16(15)23(27)26(20)4)14-12-17(30-5)21(32-7)18(13-14)31-6/h8-13,22H,1-7H3,(H,28,29). The van der Waals surface area contributed by atoms with Gasteiger partial charge in [-0.05, 0) is 49.9 Å². The largest absolute Gasteiger partial charge is 0.493 e. The van der Waals surface area contributed by atoms with E-state index >= 15 is 0 Å². The number of fused-ring (bicyclic) bond motifs is 1. The predicted octanol–water partition coefficient (Wildman–Crippen LogP) is 4.17. The maximum Gasteiger partial charge on any atom is 0.339 e. The van der Waals surface area contributed by atoms with E-state index in [1.165, 1.54) is 25.9 Å². The Morgan fingerprint density at radius 3 is 1.97 bits per heavy atom. The van der Waals surface area contributed by atoms with Gasteiger partial charge in [0.05, 0.1) is 32.6 Å². The lowest BCUT2D eigenvalue weighted by Crippen LogP contribution is -2.32. The van der Waals surface area contributed by atoms with Crippen molar-refractivity contribution >= 4 is 16.7 Å². The minimum atomic E-state index is -1.40. The summed E-state index contributed by atoms with van der Waals surface area (Å²) in [7, 11) is 6.06. The summed E-state index contributed by atoms with van der Waals surface area (Å²) in [6.45, 7) is 5.30. The van der Waals surface area contributed by atoms with Gasteiger partial charge in [0.15, 0.2) is 17.6 Å². The number of methoxy groups -OCH3 is 3. The molecule has 0 aliphatic rings. The number of carboxylic acids is 1. The van der Waals surface area contributed by atoms with Crippen LogP contribution >= 0.6 is 0 Å². The van der Waals surface area contributed by atoms with Crippen LogP contribution in [0.4, 0.5) is 0 Å². The third kappa shape index (κ3) is 4.52. The molecule has 0 aliphatic heterocycles. The first-order chi connectivity index (χ1) is 15.5. The zero-order valence-electron chi connectivity index (χ0n) is 19.9. The fourth-order valence-electron chi connectivity index (χ4n) is 3.90. The van der Waals surface area contributed by atoms with Gasteiger partial charge in [0.25, 0.3) is 5.56 Å². The topological polar surface area (TPSA) is 96.2 Å². The minimum Gasteiger partial charge on any atom is -0.493 e. The summed E-state index contributed by atoms with van der Waals surface area (Å²) in [5.74, 6) is 0.00254. The van der Waals surface area contributed by atoms with Gasteiger partial charge in [0.1, 0.15) is 0 Å². The maximum absolute atomic E-state index is 13.2. The molecule has 3 aromatic rings. The SMILES string of the molecule is COc1cc(-c2c(C(OC(C)(C)C)C(=O)O)n(C)c(=O)c3ccccc23)cc(OC)c1OC. The molecule has 1 N–H and O–H groups in total. The van der Waals surface area contributed by atoms with Gasteiger partial charge in [-0.1, -0.05) is 18.2 Å². The molecule has 1 heterocycles. The van der Waals surface area contributed by atoms with Crippen LogP contribution in [0.15, 0.2) is 41.2 Å². The van der Waals surface area contributed by atoms with Crippen LogP contribution in [0.3, 0.4) is 0 Å². The molecule has 1 unspecified atom stereocenters. The van der Waals surface area contributed by atoms with Gasteiger partial charge >= 0.3 is 5.97 Å². The van der Waals surface area contributed by atoms with Crippen LogP contribution in [0.25, 0.3) is 21.9 Å². The lowest BCUT2D eigenvalue weighted by molar-refractivity contribution is -0.161. The van der Waals surface area contributed by atoms with Crippen molar-refractivity contribution in [2.24, 2.45) is 7.05 Å². The van der Waals surface area contributed by atoms with E-state index in [9.17, 15) is 14.7 Å². The van der Waals surface area contributed by atoms with Crippen molar-refractivity contribution in [1.29, 1.82) is 0 Å². The maximum atomic E-state index is 13.2. The Labute approximate surface area is 192 Å². The summed E-state index contributed by atoms with van der Waals surface area (Å²) in [5.41, 5.74) is 0.242. The first-order valence-electron chi connectivity index (χ1n) is 10.4. The Kier molecular flexibility index (Phi) is 6.69. The zero-order valence-corrected chi connectivity index (χ0v) is 19.9. The highest BCUT2D eigenvalue weighted by atomic mass is 16.5. The summed E-state index contributed by atoms with van der Waals surface area (Å²) in [5, 5.41) is 11.2. The second-order valence-electron chi connectivity index (χ2n) is 8.53. The molecule has 0 spiro atoms. The molecule has 33 heavy (non-hydrogen) atoms. The molecule has 0 radical (unpaired) electrons. The molecule has 3 rings (SSSR count). The number of hydrogen-bond donors (Lipinski definition) is 1. The Balaban J connectivity index is 2.52. The summed E-state index contributed by atoms with van der Waals surface area (Å²) < 4.78 is 23.7. The van der Waals surface area contributed by atoms with Gasteiger partial charge < -0.3 is 28.6 Å². The van der Waals surface area contributed by atoms with Gasteiger partial charge in [-0.25, -0.2) is 4.79 Å². The number of benzene rings is 2. The minimum absolute atomic E-state index is 0.218. The van der Waals surface area contributed by atoms with Crippen molar-refractivity contribution in [3.05, 3.63) is 52.4 Å². The number of carboxylic acid groups (broad SMARTS) is 1. The van der Waals surface area contributed by atoms with Crippen LogP contribution in [0.2, 0.25) is 0 Å². The number of rotatable bonds is 7. The molecule has 0 fully saturated rings. The van der Waals surface area contributed by atoms with Gasteiger partial charge in [0, 0.05) is 18.0 Å². The van der Waals surface area contributed by atoms with E-state index in [1.54, 1.807) is 64.2 Å². The van der Waals surface area contributed by atoms with Crippen LogP contribution in [0.5, 0.6) is 17.2 Å². The number of carbonyl (C=O) groups is 1. The van der Waals surface area contributed by atoms with Crippen LogP contribution in [-0.4, -0.2) is 42.6 Å². The molecular formula is C25H29NO7. The fourth-order valence-corrected chi connectivity index (χ4v) is 3.90. The third-order valence-electron chi connectivity index (χ3n) is 5.25. The second kappa shape index (κ2) is 9.15. The number of hydrogen-bond acceptors (Lipinski definition) is 6. The van der Waals surface area contributed by atoms with E-state index in [0.717, 1.165) is 0 Å². The van der Waals surface area contributed by atoms with E-state index < -0.39 is 17.7 Å². The van der Waals surface area contributed by atoms with Crippen LogP contribution < -0.4 is 19.8 Å². The van der Waals surface area contributed by atoms with Crippen molar-refractivity contribution in [1.82, 2.24) is 4.57 Å². The van der Waals surface area contributed by atoms with E-state index in [2.05, 4.69) is 0 Å². The third-order valence-corrected chi connectivity index (χ3v) is 5.25. The molecule has 8 nitrogen and oxygen atoms in total. The highest BCUT2D eigenvalue weighted by molar-refractivity contribution is 5.99. The van der Waals surface area contributed by atoms with E-state index in [-0.39, 0.29) is 11.3 Å². The van der Waals surface area contributed by atoms with Crippen molar-refractivity contribution in [3.8, 4) is 28.4 Å². The number of ether oxygens (including phenoxy) is 4. The van der Waals surface area contributed by atoms with Gasteiger partial charge in [-0.15, -0.1) is 0 Å². The van der Waals surface area contributed by atoms with E-state index in [0.29, 0.717) is 39.1 Å².